The lowest BCUT2D eigenvalue weighted by Gasteiger charge is -2.16. The van der Waals surface area contributed by atoms with Crippen molar-refractivity contribution < 1.29 is 31.8 Å². The molecular formula is C17H14F4N2O3. The third-order valence-corrected chi connectivity index (χ3v) is 3.08. The molecule has 0 atom stereocenters. The fraction of sp³-hybridized carbons (Fsp3) is 0.176. The van der Waals surface area contributed by atoms with Crippen LogP contribution >= 0.6 is 0 Å². The van der Waals surface area contributed by atoms with E-state index in [2.05, 4.69) is 15.3 Å². The first kappa shape index (κ1) is 19.2. The average molecular weight is 370 g/mol. The lowest BCUT2D eigenvalue weighted by Crippen LogP contribution is -2.33. The molecule has 0 aromatic heterocycles. The molecule has 0 saturated carbocycles. The van der Waals surface area contributed by atoms with Gasteiger partial charge in [-0.1, -0.05) is 18.2 Å². The van der Waals surface area contributed by atoms with Gasteiger partial charge in [-0.05, 0) is 35.9 Å². The number of halogens is 4. The van der Waals surface area contributed by atoms with Crippen LogP contribution in [0.1, 0.15) is 15.9 Å². The van der Waals surface area contributed by atoms with Gasteiger partial charge in [-0.3, -0.25) is 4.79 Å². The van der Waals surface area contributed by atoms with Crippen LogP contribution in [0.3, 0.4) is 0 Å². The van der Waals surface area contributed by atoms with Crippen molar-refractivity contribution >= 4 is 12.1 Å². The Hall–Kier alpha value is -3.10. The number of hydrazone groups is 1. The zero-order valence-electron chi connectivity index (χ0n) is 13.5. The van der Waals surface area contributed by atoms with Gasteiger partial charge in [0.05, 0.1) is 13.3 Å². The van der Waals surface area contributed by atoms with Crippen molar-refractivity contribution in [3.63, 3.8) is 0 Å². The summed E-state index contributed by atoms with van der Waals surface area (Å²) < 4.78 is 59.1. The number of benzene rings is 2. The van der Waals surface area contributed by atoms with E-state index in [1.165, 1.54) is 25.5 Å². The van der Waals surface area contributed by atoms with Crippen LogP contribution in [0.4, 0.5) is 17.6 Å². The highest BCUT2D eigenvalue weighted by atomic mass is 19.3. The van der Waals surface area contributed by atoms with Crippen LogP contribution in [-0.4, -0.2) is 31.8 Å². The summed E-state index contributed by atoms with van der Waals surface area (Å²) in [6.07, 6.45) is -7.29. The van der Waals surface area contributed by atoms with Crippen LogP contribution in [-0.2, 0) is 0 Å². The number of alkyl halides is 4. The molecule has 1 N–H and O–H groups in total. The molecule has 9 heteroatoms. The Labute approximate surface area is 146 Å². The second-order valence-electron chi connectivity index (χ2n) is 4.97. The van der Waals surface area contributed by atoms with E-state index in [9.17, 15) is 22.4 Å². The number of hydrogen-bond donors (Lipinski definition) is 1. The maximum absolute atomic E-state index is 12.9. The molecule has 2 aromatic carbocycles. The summed E-state index contributed by atoms with van der Waals surface area (Å²) in [5.74, 6) is -0.695. The number of carbonyl (C=O) groups is 1. The van der Waals surface area contributed by atoms with E-state index in [1.54, 1.807) is 24.3 Å². The van der Waals surface area contributed by atoms with E-state index < -0.39 is 24.2 Å². The second kappa shape index (κ2) is 8.32. The zero-order chi connectivity index (χ0) is 19.2. The maximum atomic E-state index is 12.9. The molecule has 0 radical (unpaired) electrons. The molecule has 0 fully saturated rings. The minimum absolute atomic E-state index is 0.0876. The molecule has 2 rings (SSSR count). The molecule has 1 amide bonds. The van der Waals surface area contributed by atoms with Gasteiger partial charge < -0.3 is 9.47 Å². The first-order chi connectivity index (χ1) is 12.3. The molecule has 138 valence electrons. The molecule has 2 aromatic rings. The molecule has 0 saturated heterocycles. The van der Waals surface area contributed by atoms with Gasteiger partial charge in [0.1, 0.15) is 11.5 Å². The van der Waals surface area contributed by atoms with E-state index in [0.717, 1.165) is 12.1 Å². The molecule has 0 aliphatic rings. The fourth-order valence-corrected chi connectivity index (χ4v) is 1.85. The first-order valence-electron chi connectivity index (χ1n) is 7.24. The van der Waals surface area contributed by atoms with E-state index >= 15 is 0 Å². The van der Waals surface area contributed by atoms with Crippen molar-refractivity contribution in [2.45, 2.75) is 12.5 Å². The highest BCUT2D eigenvalue weighted by Crippen LogP contribution is 2.27. The standard InChI is InChI=1S/C17H14F4N2O3/c1-25-13-6-2-4-11(8-13)10-22-23-15(24)12-5-3-7-14(9-12)26-17(20,21)16(18)19/h2-10,16H,1H3,(H,23,24). The Balaban J connectivity index is 2.03. The van der Waals surface area contributed by atoms with Crippen LogP contribution < -0.4 is 14.9 Å². The first-order valence-corrected chi connectivity index (χ1v) is 7.24. The van der Waals surface area contributed by atoms with Gasteiger partial charge >= 0.3 is 12.5 Å². The van der Waals surface area contributed by atoms with Crippen molar-refractivity contribution in [2.75, 3.05) is 7.11 Å². The van der Waals surface area contributed by atoms with Crippen LogP contribution in [0.15, 0.2) is 53.6 Å². The topological polar surface area (TPSA) is 59.9 Å². The number of carbonyl (C=O) groups excluding carboxylic acids is 1. The fourth-order valence-electron chi connectivity index (χ4n) is 1.85. The van der Waals surface area contributed by atoms with Gasteiger partial charge in [-0.15, -0.1) is 0 Å². The lowest BCUT2D eigenvalue weighted by molar-refractivity contribution is -0.253. The smallest absolute Gasteiger partial charge is 0.461 e. The Bertz CT molecular complexity index is 797. The van der Waals surface area contributed by atoms with Crippen molar-refractivity contribution in [2.24, 2.45) is 5.10 Å². The molecule has 5 nitrogen and oxygen atoms in total. The number of rotatable bonds is 7. The van der Waals surface area contributed by atoms with Gasteiger partial charge in [-0.25, -0.2) is 5.43 Å². The SMILES string of the molecule is COc1cccc(C=NNC(=O)c2cccc(OC(F)(F)C(F)F)c2)c1. The van der Waals surface area contributed by atoms with E-state index in [-0.39, 0.29) is 5.56 Å². The Morgan fingerprint density at radius 1 is 1.15 bits per heavy atom. The predicted octanol–water partition coefficient (Wildman–Crippen LogP) is 3.70. The van der Waals surface area contributed by atoms with Gasteiger partial charge in [0.15, 0.2) is 0 Å². The monoisotopic (exact) mass is 370 g/mol. The predicted molar refractivity (Wildman–Crippen MR) is 86.1 cm³/mol. The van der Waals surface area contributed by atoms with Crippen molar-refractivity contribution in [3.05, 3.63) is 59.7 Å². The van der Waals surface area contributed by atoms with Gasteiger partial charge in [0.25, 0.3) is 5.91 Å². The normalized spacial score (nSPS) is 11.6. The minimum Gasteiger partial charge on any atom is -0.497 e. The second-order valence-corrected chi connectivity index (χ2v) is 4.97. The molecule has 0 aliphatic carbocycles. The molecule has 0 aliphatic heterocycles. The van der Waals surface area contributed by atoms with E-state index in [1.807, 2.05) is 0 Å². The lowest BCUT2D eigenvalue weighted by atomic mass is 10.2. The Morgan fingerprint density at radius 3 is 2.54 bits per heavy atom. The third kappa shape index (κ3) is 5.20. The van der Waals surface area contributed by atoms with E-state index in [0.29, 0.717) is 11.3 Å². The summed E-state index contributed by atoms with van der Waals surface area (Å²) >= 11 is 0. The average Bonchev–Trinajstić information content (AvgIpc) is 2.61. The van der Waals surface area contributed by atoms with Gasteiger partial charge in [0.2, 0.25) is 0 Å². The molecule has 26 heavy (non-hydrogen) atoms. The Morgan fingerprint density at radius 2 is 1.85 bits per heavy atom. The van der Waals surface area contributed by atoms with Crippen molar-refractivity contribution in [1.29, 1.82) is 0 Å². The number of nitrogens with one attached hydrogen (secondary N) is 1. The van der Waals surface area contributed by atoms with Crippen LogP contribution in [0.2, 0.25) is 0 Å². The number of methoxy groups -OCH3 is 1. The Kier molecular flexibility index (Phi) is 6.16. The van der Waals surface area contributed by atoms with Gasteiger partial charge in [-0.2, -0.15) is 22.7 Å². The van der Waals surface area contributed by atoms with Crippen LogP contribution in [0.5, 0.6) is 11.5 Å². The highest BCUT2D eigenvalue weighted by Gasteiger charge is 2.44. The summed E-state index contributed by atoms with van der Waals surface area (Å²) in [6, 6.07) is 11.3. The summed E-state index contributed by atoms with van der Waals surface area (Å²) in [7, 11) is 1.50. The van der Waals surface area contributed by atoms with Crippen molar-refractivity contribution in [3.8, 4) is 11.5 Å². The third-order valence-electron chi connectivity index (χ3n) is 3.08. The summed E-state index contributed by atoms with van der Waals surface area (Å²) in [5, 5.41) is 3.74. The minimum atomic E-state index is -4.65. The molecule has 0 unspecified atom stereocenters. The number of amides is 1. The zero-order valence-corrected chi connectivity index (χ0v) is 13.5. The molecule has 0 bridgehead atoms. The van der Waals surface area contributed by atoms with Gasteiger partial charge in [0, 0.05) is 5.56 Å². The molecular weight excluding hydrogens is 356 g/mol. The number of ether oxygens (including phenoxy) is 2. The summed E-state index contributed by atoms with van der Waals surface area (Å²) in [4.78, 5) is 12.0. The van der Waals surface area contributed by atoms with E-state index in [4.69, 9.17) is 4.74 Å². The summed E-state index contributed by atoms with van der Waals surface area (Å²) in [6.45, 7) is 0. The molecule has 0 spiro atoms. The van der Waals surface area contributed by atoms with Crippen LogP contribution in [0.25, 0.3) is 0 Å². The highest BCUT2D eigenvalue weighted by molar-refractivity contribution is 5.95. The maximum Gasteiger partial charge on any atom is 0.461 e. The number of nitrogens with zero attached hydrogens (tertiary/aromatic N) is 1. The quantitative estimate of drug-likeness (QED) is 0.459. The largest absolute Gasteiger partial charge is 0.497 e. The van der Waals surface area contributed by atoms with Crippen LogP contribution in [0, 0.1) is 0 Å². The van der Waals surface area contributed by atoms with Crippen molar-refractivity contribution in [1.82, 2.24) is 5.43 Å². The molecule has 0 heterocycles. The number of hydrogen-bond acceptors (Lipinski definition) is 4. The summed E-state index contributed by atoms with van der Waals surface area (Å²) in [5.41, 5.74) is 2.76.